The van der Waals surface area contributed by atoms with E-state index >= 15 is 0 Å². The second kappa shape index (κ2) is 4.74. The Balaban J connectivity index is 4.11. The van der Waals surface area contributed by atoms with Gasteiger partial charge >= 0.3 is 0 Å². The molecule has 0 aromatic heterocycles. The van der Waals surface area contributed by atoms with E-state index in [9.17, 15) is 4.79 Å². The van der Waals surface area contributed by atoms with Gasteiger partial charge < -0.3 is 0 Å². The van der Waals surface area contributed by atoms with Gasteiger partial charge in [-0.2, -0.15) is 0 Å². The summed E-state index contributed by atoms with van der Waals surface area (Å²) in [5, 5.41) is 0. The SMILES string of the molecule is C=C(C)/C=C\C(C=O)=CC. The highest BCUT2D eigenvalue weighted by atomic mass is 16.1. The van der Waals surface area contributed by atoms with Crippen LogP contribution in [0.15, 0.2) is 36.0 Å². The van der Waals surface area contributed by atoms with Gasteiger partial charge in [-0.15, -0.1) is 0 Å². The molecule has 0 aromatic carbocycles. The summed E-state index contributed by atoms with van der Waals surface area (Å²) < 4.78 is 0. The average molecular weight is 136 g/mol. The molecule has 0 bridgehead atoms. The Morgan fingerprint density at radius 1 is 1.40 bits per heavy atom. The number of hydrogen-bond acceptors (Lipinski definition) is 1. The van der Waals surface area contributed by atoms with E-state index in [2.05, 4.69) is 6.58 Å². The molecular weight excluding hydrogens is 124 g/mol. The average Bonchev–Trinajstić information content (AvgIpc) is 1.90. The summed E-state index contributed by atoms with van der Waals surface area (Å²) in [4.78, 5) is 10.2. The minimum absolute atomic E-state index is 0.683. The number of rotatable bonds is 3. The highest BCUT2D eigenvalue weighted by Crippen LogP contribution is 1.95. The van der Waals surface area contributed by atoms with Crippen molar-refractivity contribution in [1.82, 2.24) is 0 Å². The summed E-state index contributed by atoms with van der Waals surface area (Å²) in [6.45, 7) is 7.38. The first-order chi connectivity index (χ1) is 4.70. The molecule has 0 unspecified atom stereocenters. The van der Waals surface area contributed by atoms with E-state index in [1.54, 1.807) is 12.2 Å². The predicted molar refractivity (Wildman–Crippen MR) is 43.8 cm³/mol. The van der Waals surface area contributed by atoms with Crippen molar-refractivity contribution < 1.29 is 4.79 Å². The smallest absolute Gasteiger partial charge is 0.149 e. The Labute approximate surface area is 61.8 Å². The second-order valence-corrected chi connectivity index (χ2v) is 2.09. The Hall–Kier alpha value is -1.11. The number of carbonyl (C=O) groups excluding carboxylic acids is 1. The summed E-state index contributed by atoms with van der Waals surface area (Å²) in [5.74, 6) is 0. The zero-order valence-corrected chi connectivity index (χ0v) is 6.42. The fraction of sp³-hybridized carbons (Fsp3) is 0.222. The molecule has 0 aliphatic rings. The van der Waals surface area contributed by atoms with Crippen LogP contribution in [0.2, 0.25) is 0 Å². The molecule has 0 amide bonds. The number of hydrogen-bond donors (Lipinski definition) is 0. The fourth-order valence-electron chi connectivity index (χ4n) is 0.442. The molecule has 0 atom stereocenters. The molecule has 0 N–H and O–H groups in total. The van der Waals surface area contributed by atoms with Crippen LogP contribution in [0.1, 0.15) is 13.8 Å². The molecule has 1 nitrogen and oxygen atoms in total. The standard InChI is InChI=1S/C9H12O/c1-4-9(7-10)6-5-8(2)3/h4-7H,2H2,1,3H3/b6-5-,9-4?. The van der Waals surface area contributed by atoms with Crippen LogP contribution in [0.5, 0.6) is 0 Å². The first-order valence-electron chi connectivity index (χ1n) is 3.15. The third-order valence-corrected chi connectivity index (χ3v) is 1.03. The molecule has 54 valence electrons. The predicted octanol–water partition coefficient (Wildman–Crippen LogP) is 2.26. The summed E-state index contributed by atoms with van der Waals surface area (Å²) in [6, 6.07) is 0. The van der Waals surface area contributed by atoms with E-state index in [-0.39, 0.29) is 0 Å². The van der Waals surface area contributed by atoms with Crippen molar-refractivity contribution in [2.24, 2.45) is 0 Å². The molecule has 0 saturated carbocycles. The zero-order valence-electron chi connectivity index (χ0n) is 6.42. The first-order valence-corrected chi connectivity index (χ1v) is 3.15. The summed E-state index contributed by atoms with van der Waals surface area (Å²) in [6.07, 6.45) is 6.13. The summed E-state index contributed by atoms with van der Waals surface area (Å²) in [7, 11) is 0. The third-order valence-electron chi connectivity index (χ3n) is 1.03. The van der Waals surface area contributed by atoms with Crippen molar-refractivity contribution in [2.75, 3.05) is 0 Å². The quantitative estimate of drug-likeness (QED) is 0.330. The highest BCUT2D eigenvalue weighted by Gasteiger charge is 1.82. The molecule has 0 rings (SSSR count). The zero-order chi connectivity index (χ0) is 7.98. The van der Waals surface area contributed by atoms with Gasteiger partial charge in [0, 0.05) is 5.57 Å². The topological polar surface area (TPSA) is 17.1 Å². The van der Waals surface area contributed by atoms with E-state index in [4.69, 9.17) is 0 Å². The fourth-order valence-corrected chi connectivity index (χ4v) is 0.442. The van der Waals surface area contributed by atoms with E-state index < -0.39 is 0 Å². The van der Waals surface area contributed by atoms with Crippen molar-refractivity contribution in [3.63, 3.8) is 0 Å². The molecule has 0 aliphatic carbocycles. The lowest BCUT2D eigenvalue weighted by Crippen LogP contribution is -1.76. The minimum Gasteiger partial charge on any atom is -0.298 e. The van der Waals surface area contributed by atoms with Gasteiger partial charge in [0.2, 0.25) is 0 Å². The van der Waals surface area contributed by atoms with Crippen LogP contribution in [0.25, 0.3) is 0 Å². The molecule has 0 aliphatic heterocycles. The maximum Gasteiger partial charge on any atom is 0.149 e. The van der Waals surface area contributed by atoms with E-state index in [1.807, 2.05) is 19.9 Å². The van der Waals surface area contributed by atoms with Gasteiger partial charge in [0.1, 0.15) is 6.29 Å². The maximum atomic E-state index is 10.2. The second-order valence-electron chi connectivity index (χ2n) is 2.09. The van der Waals surface area contributed by atoms with Crippen LogP contribution >= 0.6 is 0 Å². The number of aldehydes is 1. The molecule has 0 spiro atoms. The Kier molecular flexibility index (Phi) is 4.21. The molecule has 0 radical (unpaired) electrons. The normalized spacial score (nSPS) is 12.0. The van der Waals surface area contributed by atoms with Crippen LogP contribution < -0.4 is 0 Å². The monoisotopic (exact) mass is 136 g/mol. The van der Waals surface area contributed by atoms with Crippen molar-refractivity contribution in [3.8, 4) is 0 Å². The summed E-state index contributed by atoms with van der Waals surface area (Å²) in [5.41, 5.74) is 1.63. The van der Waals surface area contributed by atoms with Crippen LogP contribution in [0, 0.1) is 0 Å². The van der Waals surface area contributed by atoms with Crippen molar-refractivity contribution >= 4 is 6.29 Å². The number of allylic oxidation sites excluding steroid dienone is 5. The molecule has 0 fully saturated rings. The van der Waals surface area contributed by atoms with Crippen LogP contribution in [0.3, 0.4) is 0 Å². The van der Waals surface area contributed by atoms with E-state index in [0.29, 0.717) is 5.57 Å². The maximum absolute atomic E-state index is 10.2. The van der Waals surface area contributed by atoms with Crippen molar-refractivity contribution in [2.45, 2.75) is 13.8 Å². The van der Waals surface area contributed by atoms with Crippen molar-refractivity contribution in [1.29, 1.82) is 0 Å². The van der Waals surface area contributed by atoms with Gasteiger partial charge in [0.25, 0.3) is 0 Å². The van der Waals surface area contributed by atoms with Gasteiger partial charge in [0.05, 0.1) is 0 Å². The van der Waals surface area contributed by atoms with Gasteiger partial charge in [-0.25, -0.2) is 0 Å². The Bertz CT molecular complexity index is 185. The molecular formula is C9H12O. The largest absolute Gasteiger partial charge is 0.298 e. The Morgan fingerprint density at radius 2 is 2.00 bits per heavy atom. The van der Waals surface area contributed by atoms with Gasteiger partial charge in [0.15, 0.2) is 0 Å². The highest BCUT2D eigenvalue weighted by molar-refractivity contribution is 5.77. The summed E-state index contributed by atoms with van der Waals surface area (Å²) >= 11 is 0. The van der Waals surface area contributed by atoms with E-state index in [0.717, 1.165) is 11.9 Å². The lowest BCUT2D eigenvalue weighted by Gasteiger charge is -1.86. The van der Waals surface area contributed by atoms with Gasteiger partial charge in [-0.1, -0.05) is 30.4 Å². The molecule has 0 heterocycles. The van der Waals surface area contributed by atoms with Gasteiger partial charge in [-0.3, -0.25) is 4.79 Å². The minimum atomic E-state index is 0.683. The van der Waals surface area contributed by atoms with Crippen LogP contribution in [0.4, 0.5) is 0 Å². The van der Waals surface area contributed by atoms with Crippen LogP contribution in [-0.4, -0.2) is 6.29 Å². The Morgan fingerprint density at radius 3 is 2.30 bits per heavy atom. The third kappa shape index (κ3) is 3.84. The number of carbonyl (C=O) groups is 1. The molecule has 10 heavy (non-hydrogen) atoms. The van der Waals surface area contributed by atoms with E-state index in [1.165, 1.54) is 0 Å². The molecule has 1 heteroatoms. The van der Waals surface area contributed by atoms with Crippen molar-refractivity contribution in [3.05, 3.63) is 36.0 Å². The molecule has 0 aromatic rings. The lowest BCUT2D eigenvalue weighted by atomic mass is 10.2. The van der Waals surface area contributed by atoms with Crippen LogP contribution in [-0.2, 0) is 4.79 Å². The first kappa shape index (κ1) is 8.89. The lowest BCUT2D eigenvalue weighted by molar-refractivity contribution is -0.104. The molecule has 0 saturated heterocycles. The van der Waals surface area contributed by atoms with Gasteiger partial charge in [-0.05, 0) is 13.8 Å².